The fraction of sp³-hybridized carbons (Fsp3) is 0.588. The molecule has 1 aromatic rings. The van der Waals surface area contributed by atoms with E-state index in [0.717, 1.165) is 29.0 Å². The van der Waals surface area contributed by atoms with Gasteiger partial charge < -0.3 is 10.4 Å². The van der Waals surface area contributed by atoms with Gasteiger partial charge in [-0.25, -0.2) is 0 Å². The SMILES string of the molecule is CC1(C)CCCC1C(=O)NCc1ccc(C#CCCO)s1. The molecule has 114 valence electrons. The van der Waals surface area contributed by atoms with Crippen molar-refractivity contribution in [2.24, 2.45) is 11.3 Å². The second kappa shape index (κ2) is 7.11. The summed E-state index contributed by atoms with van der Waals surface area (Å²) in [5, 5.41) is 11.8. The summed E-state index contributed by atoms with van der Waals surface area (Å²) in [5.74, 6) is 6.25. The van der Waals surface area contributed by atoms with Crippen LogP contribution >= 0.6 is 11.3 Å². The van der Waals surface area contributed by atoms with Crippen LogP contribution in [0, 0.1) is 23.2 Å². The first kappa shape index (κ1) is 16.1. The Morgan fingerprint density at radius 1 is 1.52 bits per heavy atom. The maximum absolute atomic E-state index is 12.3. The van der Waals surface area contributed by atoms with Crippen LogP contribution in [0.4, 0.5) is 0 Å². The number of carbonyl (C=O) groups excluding carboxylic acids is 1. The summed E-state index contributed by atoms with van der Waals surface area (Å²) in [6, 6.07) is 3.98. The number of nitrogens with one attached hydrogen (secondary N) is 1. The molecule has 1 aromatic heterocycles. The summed E-state index contributed by atoms with van der Waals surface area (Å²) >= 11 is 1.60. The predicted octanol–water partition coefficient (Wildman–Crippen LogP) is 2.92. The van der Waals surface area contributed by atoms with Gasteiger partial charge in [-0.15, -0.1) is 11.3 Å². The maximum Gasteiger partial charge on any atom is 0.223 e. The first-order chi connectivity index (χ1) is 10.0. The number of hydrogen-bond donors (Lipinski definition) is 2. The van der Waals surface area contributed by atoms with E-state index in [1.54, 1.807) is 11.3 Å². The molecule has 1 unspecified atom stereocenters. The van der Waals surface area contributed by atoms with E-state index in [9.17, 15) is 4.79 Å². The van der Waals surface area contributed by atoms with E-state index < -0.39 is 0 Å². The summed E-state index contributed by atoms with van der Waals surface area (Å²) in [6.07, 6.45) is 3.78. The Morgan fingerprint density at radius 3 is 3.00 bits per heavy atom. The van der Waals surface area contributed by atoms with Crippen LogP contribution < -0.4 is 5.32 Å². The highest BCUT2D eigenvalue weighted by Crippen LogP contribution is 2.42. The van der Waals surface area contributed by atoms with Crippen molar-refractivity contribution in [2.75, 3.05) is 6.61 Å². The lowest BCUT2D eigenvalue weighted by atomic mass is 9.81. The van der Waals surface area contributed by atoms with Crippen LogP contribution in [0.3, 0.4) is 0 Å². The van der Waals surface area contributed by atoms with E-state index in [2.05, 4.69) is 31.0 Å². The molecular weight excluding hydrogens is 282 g/mol. The molecule has 0 saturated heterocycles. The Bertz CT molecular complexity index is 551. The summed E-state index contributed by atoms with van der Waals surface area (Å²) in [6.45, 7) is 5.05. The highest BCUT2D eigenvalue weighted by molar-refractivity contribution is 7.12. The van der Waals surface area contributed by atoms with Crippen LogP contribution in [-0.2, 0) is 11.3 Å². The van der Waals surface area contributed by atoms with E-state index in [0.29, 0.717) is 13.0 Å². The smallest absolute Gasteiger partial charge is 0.223 e. The lowest BCUT2D eigenvalue weighted by molar-refractivity contribution is -0.127. The zero-order chi connectivity index (χ0) is 15.3. The third-order valence-corrected chi connectivity index (χ3v) is 5.12. The minimum absolute atomic E-state index is 0.0957. The van der Waals surface area contributed by atoms with Crippen molar-refractivity contribution in [1.82, 2.24) is 5.32 Å². The van der Waals surface area contributed by atoms with Crippen LogP contribution in [0.25, 0.3) is 0 Å². The topological polar surface area (TPSA) is 49.3 Å². The monoisotopic (exact) mass is 305 g/mol. The second-order valence-corrected chi connectivity index (χ2v) is 7.36. The van der Waals surface area contributed by atoms with E-state index >= 15 is 0 Å². The van der Waals surface area contributed by atoms with Gasteiger partial charge in [0.05, 0.1) is 18.0 Å². The molecule has 1 saturated carbocycles. The Labute approximate surface area is 130 Å². The fourth-order valence-electron chi connectivity index (χ4n) is 2.86. The third kappa shape index (κ3) is 4.33. The number of amides is 1. The molecule has 0 aliphatic heterocycles. The van der Waals surface area contributed by atoms with Crippen LogP contribution in [0.1, 0.15) is 49.3 Å². The van der Waals surface area contributed by atoms with Crippen molar-refractivity contribution in [3.63, 3.8) is 0 Å². The first-order valence-corrected chi connectivity index (χ1v) is 8.31. The summed E-state index contributed by atoms with van der Waals surface area (Å²) < 4.78 is 0. The molecule has 0 radical (unpaired) electrons. The molecule has 4 heteroatoms. The Kier molecular flexibility index (Phi) is 5.44. The van der Waals surface area contributed by atoms with Gasteiger partial charge in [0.2, 0.25) is 5.91 Å². The van der Waals surface area contributed by atoms with Crippen molar-refractivity contribution in [3.8, 4) is 11.8 Å². The molecule has 0 bridgehead atoms. The van der Waals surface area contributed by atoms with Crippen LogP contribution in [0.2, 0.25) is 0 Å². The van der Waals surface area contributed by atoms with Gasteiger partial charge in [0.25, 0.3) is 0 Å². The molecule has 1 aliphatic carbocycles. The zero-order valence-electron chi connectivity index (χ0n) is 12.7. The van der Waals surface area contributed by atoms with Gasteiger partial charge >= 0.3 is 0 Å². The number of hydrogen-bond acceptors (Lipinski definition) is 3. The predicted molar refractivity (Wildman–Crippen MR) is 85.9 cm³/mol. The van der Waals surface area contributed by atoms with Crippen molar-refractivity contribution in [2.45, 2.75) is 46.1 Å². The van der Waals surface area contributed by atoms with Crippen molar-refractivity contribution < 1.29 is 9.90 Å². The summed E-state index contributed by atoms with van der Waals surface area (Å²) in [7, 11) is 0. The van der Waals surface area contributed by atoms with Gasteiger partial charge in [-0.05, 0) is 30.4 Å². The standard InChI is InChI=1S/C17H23NO2S/c1-17(2)10-5-7-15(17)16(20)18-12-14-9-8-13(21-14)6-3-4-11-19/h8-9,15,19H,4-5,7,10-12H2,1-2H3,(H,18,20). The number of rotatable bonds is 4. The van der Waals surface area contributed by atoms with Gasteiger partial charge in [0.1, 0.15) is 0 Å². The van der Waals surface area contributed by atoms with Crippen molar-refractivity contribution >= 4 is 17.2 Å². The number of aliphatic hydroxyl groups is 1. The molecule has 0 aromatic carbocycles. The molecule has 1 amide bonds. The van der Waals surface area contributed by atoms with Gasteiger partial charge in [0, 0.05) is 17.2 Å². The Balaban J connectivity index is 1.86. The average molecular weight is 305 g/mol. The van der Waals surface area contributed by atoms with Crippen LogP contribution in [0.5, 0.6) is 0 Å². The maximum atomic E-state index is 12.3. The number of carbonyl (C=O) groups is 1. The van der Waals surface area contributed by atoms with E-state index in [1.807, 2.05) is 12.1 Å². The third-order valence-electron chi connectivity index (χ3n) is 4.12. The molecule has 2 N–H and O–H groups in total. The molecule has 1 aliphatic rings. The summed E-state index contributed by atoms with van der Waals surface area (Å²) in [5.41, 5.74) is 0.125. The van der Waals surface area contributed by atoms with Crippen molar-refractivity contribution in [3.05, 3.63) is 21.9 Å². The highest BCUT2D eigenvalue weighted by atomic mass is 32.1. The van der Waals surface area contributed by atoms with E-state index in [-0.39, 0.29) is 23.8 Å². The van der Waals surface area contributed by atoms with Gasteiger partial charge in [0.15, 0.2) is 0 Å². The average Bonchev–Trinajstić information content (AvgIpc) is 3.02. The normalized spacial score (nSPS) is 19.9. The Morgan fingerprint density at radius 2 is 2.33 bits per heavy atom. The highest BCUT2D eigenvalue weighted by Gasteiger charge is 2.38. The quantitative estimate of drug-likeness (QED) is 0.840. The molecule has 3 nitrogen and oxygen atoms in total. The molecule has 1 heterocycles. The van der Waals surface area contributed by atoms with Gasteiger partial charge in [-0.1, -0.05) is 32.1 Å². The number of thiophene rings is 1. The fourth-order valence-corrected chi connectivity index (χ4v) is 3.68. The van der Waals surface area contributed by atoms with E-state index in [4.69, 9.17) is 5.11 Å². The molecule has 2 rings (SSSR count). The lowest BCUT2D eigenvalue weighted by Gasteiger charge is -2.25. The largest absolute Gasteiger partial charge is 0.395 e. The van der Waals surface area contributed by atoms with Crippen LogP contribution in [0.15, 0.2) is 12.1 Å². The van der Waals surface area contributed by atoms with Crippen molar-refractivity contribution in [1.29, 1.82) is 0 Å². The first-order valence-electron chi connectivity index (χ1n) is 7.49. The second-order valence-electron chi connectivity index (χ2n) is 6.19. The molecule has 21 heavy (non-hydrogen) atoms. The molecular formula is C17H23NO2S. The minimum Gasteiger partial charge on any atom is -0.395 e. The molecule has 0 spiro atoms. The zero-order valence-corrected chi connectivity index (χ0v) is 13.6. The lowest BCUT2D eigenvalue weighted by Crippen LogP contribution is -2.35. The van der Waals surface area contributed by atoms with Crippen LogP contribution in [-0.4, -0.2) is 17.6 Å². The number of aliphatic hydroxyl groups excluding tert-OH is 1. The minimum atomic E-state index is 0.0957. The van der Waals surface area contributed by atoms with Gasteiger partial charge in [-0.2, -0.15) is 0 Å². The van der Waals surface area contributed by atoms with Gasteiger partial charge in [-0.3, -0.25) is 4.79 Å². The summed E-state index contributed by atoms with van der Waals surface area (Å²) in [4.78, 5) is 14.4. The Hall–Kier alpha value is -1.31. The van der Waals surface area contributed by atoms with E-state index in [1.165, 1.54) is 0 Å². The molecule has 1 fully saturated rings. The molecule has 1 atom stereocenters.